The molecule has 1 aromatic heterocycles. The molecule has 1 amide bonds. The molecule has 1 aromatic carbocycles. The fourth-order valence-corrected chi connectivity index (χ4v) is 4.14. The summed E-state index contributed by atoms with van der Waals surface area (Å²) in [4.78, 5) is 17.3. The highest BCUT2D eigenvalue weighted by Crippen LogP contribution is 2.51. The molecule has 1 atom stereocenters. The van der Waals surface area contributed by atoms with Crippen molar-refractivity contribution in [3.05, 3.63) is 59.4 Å². The highest BCUT2D eigenvalue weighted by molar-refractivity contribution is 6.06. The number of halogens is 2. The zero-order valence-corrected chi connectivity index (χ0v) is 15.4. The molecule has 1 heterocycles. The number of hydrogen-bond donors (Lipinski definition) is 0. The summed E-state index contributed by atoms with van der Waals surface area (Å²) >= 11 is 0. The summed E-state index contributed by atoms with van der Waals surface area (Å²) in [5.41, 5.74) is 2.37. The van der Waals surface area contributed by atoms with E-state index in [1.807, 2.05) is 6.07 Å². The van der Waals surface area contributed by atoms with Crippen LogP contribution < -0.4 is 4.90 Å². The first kappa shape index (κ1) is 18.5. The van der Waals surface area contributed by atoms with Crippen LogP contribution in [0.25, 0.3) is 0 Å². The van der Waals surface area contributed by atoms with Crippen molar-refractivity contribution in [2.24, 2.45) is 0 Å². The summed E-state index contributed by atoms with van der Waals surface area (Å²) in [5.74, 6) is -0.536. The van der Waals surface area contributed by atoms with E-state index >= 15 is 0 Å². The van der Waals surface area contributed by atoms with Gasteiger partial charge < -0.3 is 0 Å². The van der Waals surface area contributed by atoms with Crippen molar-refractivity contribution in [2.75, 3.05) is 4.90 Å². The molecule has 3 rings (SSSR count). The molecule has 0 saturated carbocycles. The van der Waals surface area contributed by atoms with Gasteiger partial charge in [0.1, 0.15) is 0 Å². The molecule has 1 aliphatic carbocycles. The molecule has 0 fully saturated rings. The van der Waals surface area contributed by atoms with Crippen LogP contribution in [0.4, 0.5) is 14.5 Å². The van der Waals surface area contributed by atoms with Gasteiger partial charge in [0.05, 0.1) is 11.3 Å². The molecule has 0 radical (unpaired) electrons. The van der Waals surface area contributed by atoms with E-state index in [0.717, 1.165) is 30.4 Å². The Labute approximate surface area is 153 Å². The van der Waals surface area contributed by atoms with Gasteiger partial charge in [-0.05, 0) is 53.5 Å². The highest BCUT2D eigenvalue weighted by atomic mass is 19.3. The zero-order valence-electron chi connectivity index (χ0n) is 15.4. The number of aromatic nitrogens is 1. The Bertz CT molecular complexity index is 790. The van der Waals surface area contributed by atoms with Crippen molar-refractivity contribution < 1.29 is 13.6 Å². The minimum atomic E-state index is -2.92. The molecule has 0 aliphatic heterocycles. The van der Waals surface area contributed by atoms with Gasteiger partial charge in [0.2, 0.25) is 0 Å². The van der Waals surface area contributed by atoms with Crippen molar-refractivity contribution in [3.63, 3.8) is 0 Å². The molecule has 5 heteroatoms. The van der Waals surface area contributed by atoms with Crippen LogP contribution in [-0.4, -0.2) is 17.4 Å². The Morgan fingerprint density at radius 3 is 2.69 bits per heavy atom. The van der Waals surface area contributed by atoms with Crippen LogP contribution in [0.5, 0.6) is 0 Å². The first-order valence-corrected chi connectivity index (χ1v) is 9.02. The van der Waals surface area contributed by atoms with Crippen LogP contribution in [0.15, 0.2) is 42.7 Å². The maximum Gasteiger partial charge on any atom is 0.321 e. The molecule has 2 aromatic rings. The number of carbonyl (C=O) groups excluding carboxylic acids is 1. The van der Waals surface area contributed by atoms with E-state index in [9.17, 15) is 13.6 Å². The number of pyridine rings is 1. The Kier molecular flexibility index (Phi) is 5.08. The highest BCUT2D eigenvalue weighted by Gasteiger charge is 2.40. The lowest BCUT2D eigenvalue weighted by atomic mass is 9.85. The predicted octanol–water partition coefficient (Wildman–Crippen LogP) is 5.52. The SMILES string of the molecule is CCCC1CC(C)(C)c2cccc(N(C(=O)c3cccnc3)C(F)F)c21. The van der Waals surface area contributed by atoms with E-state index in [1.165, 1.54) is 18.5 Å². The number of carbonyl (C=O) groups is 1. The number of hydrogen-bond acceptors (Lipinski definition) is 2. The lowest BCUT2D eigenvalue weighted by molar-refractivity contribution is 0.0837. The molecule has 1 aliphatic rings. The lowest BCUT2D eigenvalue weighted by Gasteiger charge is -2.26. The molecule has 3 nitrogen and oxygen atoms in total. The summed E-state index contributed by atoms with van der Waals surface area (Å²) in [6, 6.07) is 8.52. The third-order valence-electron chi connectivity index (χ3n) is 5.20. The molecule has 138 valence electrons. The first-order chi connectivity index (χ1) is 12.4. The Hall–Kier alpha value is -2.30. The minimum absolute atomic E-state index is 0.0870. The van der Waals surface area contributed by atoms with Crippen LogP contribution in [0.2, 0.25) is 0 Å². The van der Waals surface area contributed by atoms with Crippen LogP contribution >= 0.6 is 0 Å². The molecule has 0 N–H and O–H groups in total. The lowest BCUT2D eigenvalue weighted by Crippen LogP contribution is -2.36. The van der Waals surface area contributed by atoms with E-state index in [2.05, 4.69) is 25.8 Å². The number of fused-ring (bicyclic) bond motifs is 1. The minimum Gasteiger partial charge on any atom is -0.268 e. The van der Waals surface area contributed by atoms with Crippen molar-refractivity contribution in [2.45, 2.75) is 57.9 Å². The van der Waals surface area contributed by atoms with Crippen LogP contribution in [0, 0.1) is 0 Å². The van der Waals surface area contributed by atoms with E-state index in [0.29, 0.717) is 10.6 Å². The monoisotopic (exact) mass is 358 g/mol. The molecular weight excluding hydrogens is 334 g/mol. The number of rotatable bonds is 5. The van der Waals surface area contributed by atoms with E-state index in [-0.39, 0.29) is 16.9 Å². The van der Waals surface area contributed by atoms with Gasteiger partial charge in [-0.25, -0.2) is 0 Å². The smallest absolute Gasteiger partial charge is 0.268 e. The summed E-state index contributed by atoms with van der Waals surface area (Å²) in [7, 11) is 0. The maximum atomic E-state index is 14.0. The largest absolute Gasteiger partial charge is 0.321 e. The fourth-order valence-electron chi connectivity index (χ4n) is 4.14. The molecule has 1 unspecified atom stereocenters. The fraction of sp³-hybridized carbons (Fsp3) is 0.429. The predicted molar refractivity (Wildman–Crippen MR) is 98.8 cm³/mol. The summed E-state index contributed by atoms with van der Waals surface area (Å²) in [5, 5.41) is 0. The van der Waals surface area contributed by atoms with Gasteiger partial charge >= 0.3 is 6.55 Å². The second-order valence-corrected chi connectivity index (χ2v) is 7.51. The summed E-state index contributed by atoms with van der Waals surface area (Å²) < 4.78 is 28.0. The number of alkyl halides is 2. The quantitative estimate of drug-likeness (QED) is 0.660. The number of benzene rings is 1. The molecule has 0 saturated heterocycles. The standard InChI is InChI=1S/C21H24F2N2O/c1-4-7-14-12-21(2,3)16-9-5-10-17(18(14)16)25(20(22)23)19(26)15-8-6-11-24-13-15/h5-6,8-11,13-14,20H,4,7,12H2,1-3H3. The van der Waals surface area contributed by atoms with E-state index in [4.69, 9.17) is 0 Å². The zero-order chi connectivity index (χ0) is 18.9. The van der Waals surface area contributed by atoms with Crippen molar-refractivity contribution in [1.82, 2.24) is 4.98 Å². The van der Waals surface area contributed by atoms with Gasteiger partial charge in [-0.1, -0.05) is 39.3 Å². The van der Waals surface area contributed by atoms with Crippen molar-refractivity contribution in [1.29, 1.82) is 0 Å². The van der Waals surface area contributed by atoms with Crippen molar-refractivity contribution >= 4 is 11.6 Å². The molecule has 26 heavy (non-hydrogen) atoms. The van der Waals surface area contributed by atoms with E-state index < -0.39 is 12.5 Å². The van der Waals surface area contributed by atoms with Gasteiger partial charge in [-0.15, -0.1) is 0 Å². The summed E-state index contributed by atoms with van der Waals surface area (Å²) in [6.45, 7) is 3.46. The average Bonchev–Trinajstić information content (AvgIpc) is 2.87. The van der Waals surface area contributed by atoms with E-state index in [1.54, 1.807) is 18.2 Å². The second-order valence-electron chi connectivity index (χ2n) is 7.51. The molecular formula is C21H24F2N2O. The number of anilines is 1. The molecule has 0 bridgehead atoms. The third kappa shape index (κ3) is 3.22. The number of nitrogens with zero attached hydrogens (tertiary/aromatic N) is 2. The molecule has 0 spiro atoms. The van der Waals surface area contributed by atoms with Gasteiger partial charge in [-0.2, -0.15) is 8.78 Å². The van der Waals surface area contributed by atoms with Gasteiger partial charge in [0.25, 0.3) is 5.91 Å². The van der Waals surface area contributed by atoms with Gasteiger partial charge in [-0.3, -0.25) is 14.7 Å². The van der Waals surface area contributed by atoms with Crippen LogP contribution in [0.3, 0.4) is 0 Å². The van der Waals surface area contributed by atoms with Gasteiger partial charge in [0, 0.05) is 12.4 Å². The van der Waals surface area contributed by atoms with Crippen LogP contribution in [-0.2, 0) is 5.41 Å². The maximum absolute atomic E-state index is 14.0. The third-order valence-corrected chi connectivity index (χ3v) is 5.20. The first-order valence-electron chi connectivity index (χ1n) is 9.02. The van der Waals surface area contributed by atoms with Crippen molar-refractivity contribution in [3.8, 4) is 0 Å². The topological polar surface area (TPSA) is 33.2 Å². The number of amides is 1. The summed E-state index contributed by atoms with van der Waals surface area (Å²) in [6.07, 6.45) is 5.65. The van der Waals surface area contributed by atoms with Gasteiger partial charge in [0.15, 0.2) is 0 Å². The van der Waals surface area contributed by atoms with Crippen LogP contribution in [0.1, 0.15) is 67.4 Å². The Morgan fingerprint density at radius 1 is 1.31 bits per heavy atom. The average molecular weight is 358 g/mol. The Morgan fingerprint density at radius 2 is 2.08 bits per heavy atom. The second kappa shape index (κ2) is 7.14. The normalized spacial score (nSPS) is 18.0. The Balaban J connectivity index is 2.13.